The second-order valence-electron chi connectivity index (χ2n) is 5.29. The van der Waals surface area contributed by atoms with Crippen LogP contribution >= 0.6 is 0 Å². The molecule has 0 saturated heterocycles. The third-order valence-electron chi connectivity index (χ3n) is 3.25. The monoisotopic (exact) mass is 358 g/mol. The highest BCUT2D eigenvalue weighted by atomic mass is 19.4. The lowest BCUT2D eigenvalue weighted by Gasteiger charge is -2.15. The van der Waals surface area contributed by atoms with Crippen molar-refractivity contribution in [1.82, 2.24) is 0 Å². The summed E-state index contributed by atoms with van der Waals surface area (Å²) in [5.74, 6) is -1.65. The maximum atomic E-state index is 14.1. The van der Waals surface area contributed by atoms with Gasteiger partial charge < -0.3 is 14.2 Å². The summed E-state index contributed by atoms with van der Waals surface area (Å²) < 4.78 is 65.4. The fourth-order valence-corrected chi connectivity index (χ4v) is 2.27. The molecule has 0 amide bonds. The van der Waals surface area contributed by atoms with E-state index >= 15 is 0 Å². The summed E-state index contributed by atoms with van der Waals surface area (Å²) in [6.07, 6.45) is -3.92. The van der Waals surface area contributed by atoms with Crippen LogP contribution in [0.1, 0.15) is 24.5 Å². The normalized spacial score (nSPS) is 11.4. The minimum absolute atomic E-state index is 0.121. The summed E-state index contributed by atoms with van der Waals surface area (Å²) in [6.45, 7) is 1.88. The average Bonchev–Trinajstić information content (AvgIpc) is 2.53. The first-order valence-electron chi connectivity index (χ1n) is 7.71. The van der Waals surface area contributed by atoms with Gasteiger partial charge in [0.05, 0.1) is 6.61 Å². The number of halogens is 4. The molecule has 136 valence electrons. The Hall–Kier alpha value is -2.28. The van der Waals surface area contributed by atoms with Crippen LogP contribution < -0.4 is 9.47 Å². The Balaban J connectivity index is 2.03. The largest absolute Gasteiger partial charge is 0.573 e. The molecule has 2 rings (SSSR count). The molecule has 0 saturated carbocycles. The third kappa shape index (κ3) is 6.26. The van der Waals surface area contributed by atoms with Crippen molar-refractivity contribution in [3.8, 4) is 11.5 Å². The molecule has 0 spiro atoms. The predicted molar refractivity (Wildman–Crippen MR) is 83.8 cm³/mol. The van der Waals surface area contributed by atoms with E-state index < -0.39 is 17.9 Å². The first-order valence-corrected chi connectivity index (χ1v) is 7.71. The summed E-state index contributed by atoms with van der Waals surface area (Å²) in [4.78, 5) is 0. The quantitative estimate of drug-likeness (QED) is 0.367. The minimum atomic E-state index is -4.88. The van der Waals surface area contributed by atoms with E-state index in [1.807, 2.05) is 37.3 Å². The van der Waals surface area contributed by atoms with Gasteiger partial charge in [-0.25, -0.2) is 4.39 Å². The minimum Gasteiger partial charge on any atom is -0.464 e. The van der Waals surface area contributed by atoms with Crippen molar-refractivity contribution in [3.05, 3.63) is 59.4 Å². The first kappa shape index (κ1) is 19.1. The zero-order valence-corrected chi connectivity index (χ0v) is 13.6. The summed E-state index contributed by atoms with van der Waals surface area (Å²) in [6, 6.07) is 11.1. The van der Waals surface area contributed by atoms with Gasteiger partial charge in [-0.3, -0.25) is 0 Å². The van der Waals surface area contributed by atoms with Crippen LogP contribution in [-0.2, 0) is 17.8 Å². The summed E-state index contributed by atoms with van der Waals surface area (Å²) >= 11 is 0. The molecule has 0 aliphatic carbocycles. The fraction of sp³-hybridized carbons (Fsp3) is 0.333. The number of benzene rings is 2. The Morgan fingerprint density at radius 2 is 1.76 bits per heavy atom. The number of alkyl halides is 3. The van der Waals surface area contributed by atoms with E-state index in [1.54, 1.807) is 0 Å². The third-order valence-corrected chi connectivity index (χ3v) is 3.25. The maximum absolute atomic E-state index is 14.1. The molecule has 0 bridgehead atoms. The van der Waals surface area contributed by atoms with E-state index in [0.717, 1.165) is 11.6 Å². The van der Waals surface area contributed by atoms with Crippen LogP contribution in [0, 0.1) is 5.82 Å². The van der Waals surface area contributed by atoms with Gasteiger partial charge in [0, 0.05) is 11.6 Å². The van der Waals surface area contributed by atoms with E-state index in [0.29, 0.717) is 24.5 Å². The van der Waals surface area contributed by atoms with Crippen LogP contribution in [-0.4, -0.2) is 13.2 Å². The van der Waals surface area contributed by atoms with Gasteiger partial charge in [0.2, 0.25) is 0 Å². The molecular formula is C18H18F4O3. The first-order chi connectivity index (χ1) is 11.9. The maximum Gasteiger partial charge on any atom is 0.573 e. The highest BCUT2D eigenvalue weighted by molar-refractivity contribution is 5.42. The SMILES string of the molecule is CCCc1cc(OC(F)(F)F)cc(F)c1OCOCc1ccccc1. The second-order valence-corrected chi connectivity index (χ2v) is 5.29. The Kier molecular flexibility index (Phi) is 6.64. The molecule has 0 unspecified atom stereocenters. The predicted octanol–water partition coefficient (Wildman–Crippen LogP) is 5.23. The number of hydrogen-bond donors (Lipinski definition) is 0. The molecule has 0 aliphatic heterocycles. The van der Waals surface area contributed by atoms with Gasteiger partial charge in [0.1, 0.15) is 5.75 Å². The van der Waals surface area contributed by atoms with Crippen LogP contribution in [0.25, 0.3) is 0 Å². The van der Waals surface area contributed by atoms with Crippen LogP contribution in [0.5, 0.6) is 11.5 Å². The lowest BCUT2D eigenvalue weighted by molar-refractivity contribution is -0.274. The van der Waals surface area contributed by atoms with Crippen molar-refractivity contribution >= 4 is 0 Å². The Morgan fingerprint density at radius 1 is 1.04 bits per heavy atom. The molecule has 2 aromatic carbocycles. The Morgan fingerprint density at radius 3 is 2.40 bits per heavy atom. The zero-order chi connectivity index (χ0) is 18.3. The molecule has 25 heavy (non-hydrogen) atoms. The number of ether oxygens (including phenoxy) is 3. The van der Waals surface area contributed by atoms with Gasteiger partial charge in [-0.1, -0.05) is 43.7 Å². The fourth-order valence-electron chi connectivity index (χ4n) is 2.27. The Labute approximate surface area is 143 Å². The van der Waals surface area contributed by atoms with Crippen molar-refractivity contribution in [1.29, 1.82) is 0 Å². The van der Waals surface area contributed by atoms with Crippen LogP contribution in [0.2, 0.25) is 0 Å². The van der Waals surface area contributed by atoms with Crippen LogP contribution in [0.4, 0.5) is 17.6 Å². The zero-order valence-electron chi connectivity index (χ0n) is 13.6. The van der Waals surface area contributed by atoms with E-state index in [4.69, 9.17) is 9.47 Å². The highest BCUT2D eigenvalue weighted by Crippen LogP contribution is 2.32. The summed E-state index contributed by atoms with van der Waals surface area (Å²) in [5, 5.41) is 0. The topological polar surface area (TPSA) is 27.7 Å². The van der Waals surface area contributed by atoms with Crippen LogP contribution in [0.15, 0.2) is 42.5 Å². The Bertz CT molecular complexity index is 672. The van der Waals surface area contributed by atoms with E-state index in [2.05, 4.69) is 4.74 Å². The molecule has 7 heteroatoms. The lowest BCUT2D eigenvalue weighted by Crippen LogP contribution is -2.17. The number of aryl methyl sites for hydroxylation is 1. The average molecular weight is 358 g/mol. The van der Waals surface area contributed by atoms with Gasteiger partial charge in [0.15, 0.2) is 18.4 Å². The van der Waals surface area contributed by atoms with E-state index in [1.165, 1.54) is 0 Å². The number of rotatable bonds is 8. The molecule has 0 fully saturated rings. The molecule has 0 heterocycles. The summed E-state index contributed by atoms with van der Waals surface area (Å²) in [5.41, 5.74) is 1.22. The summed E-state index contributed by atoms with van der Waals surface area (Å²) in [7, 11) is 0. The van der Waals surface area contributed by atoms with Gasteiger partial charge in [-0.2, -0.15) is 0 Å². The van der Waals surface area contributed by atoms with Gasteiger partial charge >= 0.3 is 6.36 Å². The van der Waals surface area contributed by atoms with Crippen molar-refractivity contribution in [2.24, 2.45) is 0 Å². The smallest absolute Gasteiger partial charge is 0.464 e. The van der Waals surface area contributed by atoms with Crippen molar-refractivity contribution in [3.63, 3.8) is 0 Å². The molecule has 0 aliphatic rings. The molecule has 0 radical (unpaired) electrons. The standard InChI is InChI=1S/C18H18F4O3/c1-2-6-14-9-15(25-18(20,21)22)10-16(19)17(14)24-12-23-11-13-7-4-3-5-8-13/h3-5,7-10H,2,6,11-12H2,1H3. The number of hydrogen-bond acceptors (Lipinski definition) is 3. The molecular weight excluding hydrogens is 340 g/mol. The molecule has 0 N–H and O–H groups in total. The van der Waals surface area contributed by atoms with E-state index in [-0.39, 0.29) is 19.1 Å². The molecule has 0 aromatic heterocycles. The van der Waals surface area contributed by atoms with E-state index in [9.17, 15) is 17.6 Å². The second kappa shape index (κ2) is 8.71. The molecule has 3 nitrogen and oxygen atoms in total. The van der Waals surface area contributed by atoms with Crippen molar-refractivity contribution in [2.45, 2.75) is 32.7 Å². The van der Waals surface area contributed by atoms with Crippen LogP contribution in [0.3, 0.4) is 0 Å². The highest BCUT2D eigenvalue weighted by Gasteiger charge is 2.32. The van der Waals surface area contributed by atoms with Gasteiger partial charge in [0.25, 0.3) is 0 Å². The van der Waals surface area contributed by atoms with Crippen molar-refractivity contribution < 1.29 is 31.8 Å². The van der Waals surface area contributed by atoms with Gasteiger partial charge in [-0.05, 0) is 18.1 Å². The van der Waals surface area contributed by atoms with Crippen molar-refractivity contribution in [2.75, 3.05) is 6.79 Å². The molecule has 0 atom stereocenters. The molecule has 2 aromatic rings. The lowest BCUT2D eigenvalue weighted by atomic mass is 10.1. The van der Waals surface area contributed by atoms with Gasteiger partial charge in [-0.15, -0.1) is 13.2 Å².